The van der Waals surface area contributed by atoms with Crippen LogP contribution in [-0.2, 0) is 0 Å². The molecule has 96 valence electrons. The molecule has 0 aromatic rings. The van der Waals surface area contributed by atoms with Gasteiger partial charge in [0.15, 0.2) is 0 Å². The van der Waals surface area contributed by atoms with Gasteiger partial charge in [-0.1, -0.05) is 13.8 Å². The number of aliphatic hydroxyl groups is 1. The molecule has 0 saturated carbocycles. The van der Waals surface area contributed by atoms with E-state index in [-0.39, 0.29) is 30.0 Å². The molecular weight excluding hydrogens is 224 g/mol. The van der Waals surface area contributed by atoms with Crippen LogP contribution in [0.25, 0.3) is 0 Å². The van der Waals surface area contributed by atoms with Gasteiger partial charge in [-0.25, -0.2) is 4.79 Å². The number of amides is 2. The van der Waals surface area contributed by atoms with Gasteiger partial charge in [-0.15, -0.1) is 0 Å². The van der Waals surface area contributed by atoms with Crippen molar-refractivity contribution in [2.24, 2.45) is 0 Å². The summed E-state index contributed by atoms with van der Waals surface area (Å²) in [5.41, 5.74) is 0. The smallest absolute Gasteiger partial charge is 0.315 e. The van der Waals surface area contributed by atoms with Crippen molar-refractivity contribution >= 4 is 17.8 Å². The first-order chi connectivity index (χ1) is 7.58. The van der Waals surface area contributed by atoms with Crippen molar-refractivity contribution in [1.82, 2.24) is 10.6 Å². The number of carbonyl (C=O) groups excluding carboxylic acids is 1. The Morgan fingerprint density at radius 1 is 1.31 bits per heavy atom. The number of carbonyl (C=O) groups is 1. The van der Waals surface area contributed by atoms with Crippen LogP contribution in [0.2, 0.25) is 0 Å². The standard InChI is InChI=1S/C11H24N2O2S/c1-5-9(6-2)13-11(15)12-8(3)10(7-14)16-4/h8-10,14H,5-7H2,1-4H3,(H2,12,13,15). The highest BCUT2D eigenvalue weighted by Gasteiger charge is 2.18. The number of urea groups is 1. The maximum Gasteiger partial charge on any atom is 0.315 e. The fraction of sp³-hybridized carbons (Fsp3) is 0.909. The van der Waals surface area contributed by atoms with E-state index in [0.29, 0.717) is 0 Å². The molecule has 5 heteroatoms. The largest absolute Gasteiger partial charge is 0.395 e. The molecule has 0 aliphatic heterocycles. The molecule has 0 aromatic carbocycles. The lowest BCUT2D eigenvalue weighted by Gasteiger charge is -2.23. The molecule has 0 saturated heterocycles. The predicted octanol–water partition coefficient (Wildman–Crippen LogP) is 1.59. The van der Waals surface area contributed by atoms with Gasteiger partial charge >= 0.3 is 6.03 Å². The van der Waals surface area contributed by atoms with Gasteiger partial charge in [0.1, 0.15) is 0 Å². The van der Waals surface area contributed by atoms with Crippen LogP contribution < -0.4 is 10.6 Å². The van der Waals surface area contributed by atoms with E-state index in [0.717, 1.165) is 12.8 Å². The Balaban J connectivity index is 4.03. The molecule has 0 spiro atoms. The summed E-state index contributed by atoms with van der Waals surface area (Å²) in [6.45, 7) is 6.09. The van der Waals surface area contributed by atoms with Gasteiger partial charge in [-0.3, -0.25) is 0 Å². The molecule has 0 radical (unpaired) electrons. The third kappa shape index (κ3) is 5.61. The summed E-state index contributed by atoms with van der Waals surface area (Å²) in [5.74, 6) is 0. The van der Waals surface area contributed by atoms with Crippen LogP contribution in [0.1, 0.15) is 33.6 Å². The van der Waals surface area contributed by atoms with E-state index in [2.05, 4.69) is 24.5 Å². The minimum atomic E-state index is -0.145. The number of hydrogen-bond acceptors (Lipinski definition) is 3. The topological polar surface area (TPSA) is 61.4 Å². The van der Waals surface area contributed by atoms with Gasteiger partial charge in [0.2, 0.25) is 0 Å². The highest BCUT2D eigenvalue weighted by Crippen LogP contribution is 2.10. The van der Waals surface area contributed by atoms with E-state index < -0.39 is 0 Å². The van der Waals surface area contributed by atoms with E-state index in [1.165, 1.54) is 0 Å². The number of rotatable bonds is 7. The molecule has 0 aliphatic carbocycles. The first-order valence-corrected chi connectivity index (χ1v) is 7.08. The van der Waals surface area contributed by atoms with Gasteiger partial charge in [0.25, 0.3) is 0 Å². The Labute approximate surface area is 103 Å². The summed E-state index contributed by atoms with van der Waals surface area (Å²) in [5, 5.41) is 14.9. The second kappa shape index (κ2) is 8.70. The van der Waals surface area contributed by atoms with Gasteiger partial charge < -0.3 is 15.7 Å². The molecule has 2 unspecified atom stereocenters. The van der Waals surface area contributed by atoms with Crippen molar-refractivity contribution in [3.8, 4) is 0 Å². The van der Waals surface area contributed by atoms with Crippen molar-refractivity contribution in [1.29, 1.82) is 0 Å². The molecule has 0 aromatic heterocycles. The highest BCUT2D eigenvalue weighted by atomic mass is 32.2. The van der Waals surface area contributed by atoms with Crippen LogP contribution >= 0.6 is 11.8 Å². The molecular formula is C11H24N2O2S. The lowest BCUT2D eigenvalue weighted by atomic mass is 10.2. The molecule has 0 bridgehead atoms. The van der Waals surface area contributed by atoms with Gasteiger partial charge in [-0.2, -0.15) is 11.8 Å². The number of nitrogens with one attached hydrogen (secondary N) is 2. The third-order valence-corrected chi connectivity index (χ3v) is 3.88. The summed E-state index contributed by atoms with van der Waals surface area (Å²) >= 11 is 1.56. The first-order valence-electron chi connectivity index (χ1n) is 5.79. The lowest BCUT2D eigenvalue weighted by molar-refractivity contribution is 0.228. The van der Waals surface area contributed by atoms with Crippen LogP contribution in [0.5, 0.6) is 0 Å². The number of hydrogen-bond donors (Lipinski definition) is 3. The van der Waals surface area contributed by atoms with Crippen LogP contribution in [0.4, 0.5) is 4.79 Å². The summed E-state index contributed by atoms with van der Waals surface area (Å²) < 4.78 is 0. The molecule has 2 atom stereocenters. The molecule has 4 nitrogen and oxygen atoms in total. The van der Waals surface area contributed by atoms with Gasteiger partial charge in [0.05, 0.1) is 6.61 Å². The lowest BCUT2D eigenvalue weighted by Crippen LogP contribution is -2.48. The molecule has 3 N–H and O–H groups in total. The zero-order chi connectivity index (χ0) is 12.6. The molecule has 0 rings (SSSR count). The van der Waals surface area contributed by atoms with Crippen molar-refractivity contribution in [3.63, 3.8) is 0 Å². The van der Waals surface area contributed by atoms with Crippen molar-refractivity contribution in [3.05, 3.63) is 0 Å². The Hall–Kier alpha value is -0.420. The van der Waals surface area contributed by atoms with E-state index in [1.54, 1.807) is 11.8 Å². The summed E-state index contributed by atoms with van der Waals surface area (Å²) in [6.07, 6.45) is 3.80. The second-order valence-corrected chi connectivity index (χ2v) is 4.95. The summed E-state index contributed by atoms with van der Waals surface area (Å²) in [6, 6.07) is 0.0529. The SMILES string of the molecule is CCC(CC)NC(=O)NC(C)C(CO)SC. The first kappa shape index (κ1) is 15.6. The quantitative estimate of drug-likeness (QED) is 0.641. The number of thioether (sulfide) groups is 1. The normalized spacial score (nSPS) is 14.6. The van der Waals surface area contributed by atoms with Crippen LogP contribution in [0, 0.1) is 0 Å². The van der Waals surface area contributed by atoms with E-state index >= 15 is 0 Å². The van der Waals surface area contributed by atoms with Crippen LogP contribution in [-0.4, -0.2) is 41.3 Å². The van der Waals surface area contributed by atoms with E-state index in [1.807, 2.05) is 13.2 Å². The maximum absolute atomic E-state index is 11.6. The molecule has 16 heavy (non-hydrogen) atoms. The summed E-state index contributed by atoms with van der Waals surface area (Å²) in [7, 11) is 0. The highest BCUT2D eigenvalue weighted by molar-refractivity contribution is 7.99. The zero-order valence-electron chi connectivity index (χ0n) is 10.6. The van der Waals surface area contributed by atoms with E-state index in [9.17, 15) is 4.79 Å². The minimum Gasteiger partial charge on any atom is -0.395 e. The average molecular weight is 248 g/mol. The third-order valence-electron chi connectivity index (χ3n) is 2.72. The fourth-order valence-electron chi connectivity index (χ4n) is 1.46. The van der Waals surface area contributed by atoms with E-state index in [4.69, 9.17) is 5.11 Å². The Morgan fingerprint density at radius 2 is 1.88 bits per heavy atom. The Morgan fingerprint density at radius 3 is 2.25 bits per heavy atom. The zero-order valence-corrected chi connectivity index (χ0v) is 11.4. The maximum atomic E-state index is 11.6. The molecule has 2 amide bonds. The molecule has 0 fully saturated rings. The summed E-state index contributed by atoms with van der Waals surface area (Å²) in [4.78, 5) is 11.6. The van der Waals surface area contributed by atoms with Crippen molar-refractivity contribution in [2.75, 3.05) is 12.9 Å². The Kier molecular flexibility index (Phi) is 8.47. The van der Waals surface area contributed by atoms with Gasteiger partial charge in [0, 0.05) is 17.3 Å². The number of aliphatic hydroxyl groups excluding tert-OH is 1. The van der Waals surface area contributed by atoms with Crippen molar-refractivity contribution < 1.29 is 9.90 Å². The monoisotopic (exact) mass is 248 g/mol. The van der Waals surface area contributed by atoms with Gasteiger partial charge in [-0.05, 0) is 26.0 Å². The molecule has 0 heterocycles. The predicted molar refractivity (Wildman–Crippen MR) is 69.9 cm³/mol. The van der Waals surface area contributed by atoms with Crippen LogP contribution in [0.3, 0.4) is 0 Å². The van der Waals surface area contributed by atoms with Crippen molar-refractivity contribution in [2.45, 2.75) is 50.9 Å². The minimum absolute atomic E-state index is 0.0330. The average Bonchev–Trinajstić information content (AvgIpc) is 2.27. The Bertz CT molecular complexity index is 194. The fourth-order valence-corrected chi connectivity index (χ4v) is 2.08. The van der Waals surface area contributed by atoms with Crippen LogP contribution in [0.15, 0.2) is 0 Å². The second-order valence-electron chi connectivity index (χ2n) is 3.88. The molecule has 0 aliphatic rings.